The van der Waals surface area contributed by atoms with Crippen LogP contribution in [-0.4, -0.2) is 47.0 Å². The van der Waals surface area contributed by atoms with Gasteiger partial charge < -0.3 is 9.26 Å². The molecule has 8 nitrogen and oxygen atoms in total. The van der Waals surface area contributed by atoms with Crippen molar-refractivity contribution in [3.63, 3.8) is 0 Å². The largest absolute Gasteiger partial charge is 0.367 e. The predicted molar refractivity (Wildman–Crippen MR) is 79.8 cm³/mol. The number of hydrogen-bond acceptors (Lipinski definition) is 7. The van der Waals surface area contributed by atoms with Gasteiger partial charge in [-0.25, -0.2) is 8.42 Å². The Bertz CT molecular complexity index is 747. The van der Waals surface area contributed by atoms with Crippen molar-refractivity contribution in [3.8, 4) is 0 Å². The van der Waals surface area contributed by atoms with E-state index in [0.717, 1.165) is 12.8 Å². The molecule has 124 valence electrons. The third-order valence-electron chi connectivity index (χ3n) is 3.63. The summed E-state index contributed by atoms with van der Waals surface area (Å²) in [6.07, 6.45) is 4.26. The van der Waals surface area contributed by atoms with E-state index in [9.17, 15) is 8.42 Å². The van der Waals surface area contributed by atoms with Crippen LogP contribution in [-0.2, 0) is 21.4 Å². The first kappa shape index (κ1) is 16.0. The molecule has 1 aliphatic heterocycles. The Labute approximate surface area is 134 Å². The van der Waals surface area contributed by atoms with Gasteiger partial charge in [-0.05, 0) is 31.9 Å². The van der Waals surface area contributed by atoms with Gasteiger partial charge >= 0.3 is 0 Å². The van der Waals surface area contributed by atoms with Gasteiger partial charge in [-0.2, -0.15) is 9.29 Å². The average molecular weight is 338 g/mol. The highest BCUT2D eigenvalue weighted by molar-refractivity contribution is 7.89. The molecule has 23 heavy (non-hydrogen) atoms. The number of rotatable bonds is 5. The zero-order chi connectivity index (χ0) is 16.3. The molecule has 2 aromatic heterocycles. The highest BCUT2D eigenvalue weighted by atomic mass is 32.2. The van der Waals surface area contributed by atoms with Crippen molar-refractivity contribution in [1.29, 1.82) is 0 Å². The maximum atomic E-state index is 12.6. The van der Waals surface area contributed by atoms with Crippen LogP contribution in [0.3, 0.4) is 0 Å². The SMILES string of the molecule is Cc1noc(COC2CCCN(S(=O)(=O)c3cccnc3)C2)n1. The van der Waals surface area contributed by atoms with Crippen LogP contribution in [0.1, 0.15) is 24.6 Å². The third-order valence-corrected chi connectivity index (χ3v) is 5.47. The molecule has 1 saturated heterocycles. The van der Waals surface area contributed by atoms with Crippen molar-refractivity contribution in [2.24, 2.45) is 0 Å². The zero-order valence-corrected chi connectivity index (χ0v) is 13.6. The van der Waals surface area contributed by atoms with Crippen LogP contribution < -0.4 is 0 Å². The molecule has 0 saturated carbocycles. The zero-order valence-electron chi connectivity index (χ0n) is 12.8. The summed E-state index contributed by atoms with van der Waals surface area (Å²) in [5, 5.41) is 3.69. The first-order chi connectivity index (χ1) is 11.1. The Kier molecular flexibility index (Phi) is 4.69. The van der Waals surface area contributed by atoms with E-state index in [1.807, 2.05) is 0 Å². The van der Waals surface area contributed by atoms with E-state index in [1.54, 1.807) is 25.3 Å². The Morgan fingerprint density at radius 3 is 3.04 bits per heavy atom. The molecule has 0 bridgehead atoms. The summed E-state index contributed by atoms with van der Waals surface area (Å²) in [5.41, 5.74) is 0. The summed E-state index contributed by atoms with van der Waals surface area (Å²) in [4.78, 5) is 8.15. The number of sulfonamides is 1. The number of pyridine rings is 1. The van der Waals surface area contributed by atoms with Gasteiger partial charge in [0.2, 0.25) is 10.0 Å². The number of ether oxygens (including phenoxy) is 1. The van der Waals surface area contributed by atoms with Crippen LogP contribution in [0, 0.1) is 6.92 Å². The van der Waals surface area contributed by atoms with E-state index in [4.69, 9.17) is 9.26 Å². The highest BCUT2D eigenvalue weighted by Gasteiger charge is 2.31. The van der Waals surface area contributed by atoms with E-state index >= 15 is 0 Å². The van der Waals surface area contributed by atoms with Gasteiger partial charge in [0.15, 0.2) is 5.82 Å². The minimum atomic E-state index is -3.53. The quantitative estimate of drug-likeness (QED) is 0.806. The molecule has 0 aliphatic carbocycles. The summed E-state index contributed by atoms with van der Waals surface area (Å²) < 4.78 is 37.4. The lowest BCUT2D eigenvalue weighted by Crippen LogP contribution is -2.43. The summed E-state index contributed by atoms with van der Waals surface area (Å²) in [7, 11) is -3.53. The van der Waals surface area contributed by atoms with Crippen LogP contribution >= 0.6 is 0 Å². The number of nitrogens with zero attached hydrogens (tertiary/aromatic N) is 4. The second kappa shape index (κ2) is 6.73. The first-order valence-corrected chi connectivity index (χ1v) is 8.80. The molecule has 1 fully saturated rings. The second-order valence-corrected chi connectivity index (χ2v) is 7.30. The first-order valence-electron chi connectivity index (χ1n) is 7.36. The van der Waals surface area contributed by atoms with E-state index in [0.29, 0.717) is 24.8 Å². The minimum Gasteiger partial charge on any atom is -0.367 e. The van der Waals surface area contributed by atoms with Gasteiger partial charge in [0.05, 0.1) is 6.10 Å². The van der Waals surface area contributed by atoms with E-state index < -0.39 is 10.0 Å². The lowest BCUT2D eigenvalue weighted by molar-refractivity contribution is -0.00296. The molecule has 0 spiro atoms. The van der Waals surface area contributed by atoms with Gasteiger partial charge in [0.1, 0.15) is 11.5 Å². The topological polar surface area (TPSA) is 98.4 Å². The van der Waals surface area contributed by atoms with E-state index in [2.05, 4.69) is 15.1 Å². The fourth-order valence-electron chi connectivity index (χ4n) is 2.50. The van der Waals surface area contributed by atoms with Gasteiger partial charge in [0.25, 0.3) is 5.89 Å². The van der Waals surface area contributed by atoms with Gasteiger partial charge in [0, 0.05) is 25.5 Å². The predicted octanol–water partition coefficient (Wildman–Crippen LogP) is 1.14. The number of hydrogen-bond donors (Lipinski definition) is 0. The van der Waals surface area contributed by atoms with E-state index in [-0.39, 0.29) is 17.6 Å². The molecular weight excluding hydrogens is 320 g/mol. The smallest absolute Gasteiger partial charge is 0.252 e. The Balaban J connectivity index is 1.64. The number of aryl methyl sites for hydroxylation is 1. The number of aromatic nitrogens is 3. The number of piperidine rings is 1. The van der Waals surface area contributed by atoms with Crippen molar-refractivity contribution < 1.29 is 17.7 Å². The van der Waals surface area contributed by atoms with Crippen LogP contribution in [0.4, 0.5) is 0 Å². The third kappa shape index (κ3) is 3.74. The molecule has 1 unspecified atom stereocenters. The lowest BCUT2D eigenvalue weighted by atomic mass is 10.1. The van der Waals surface area contributed by atoms with Crippen molar-refractivity contribution in [1.82, 2.24) is 19.4 Å². The summed E-state index contributed by atoms with van der Waals surface area (Å²) >= 11 is 0. The fraction of sp³-hybridized carbons (Fsp3) is 0.500. The molecule has 0 aromatic carbocycles. The molecule has 3 rings (SSSR count). The van der Waals surface area contributed by atoms with Crippen molar-refractivity contribution in [2.45, 2.75) is 37.4 Å². The maximum Gasteiger partial charge on any atom is 0.252 e. The fourth-order valence-corrected chi connectivity index (χ4v) is 3.97. The molecule has 0 N–H and O–H groups in total. The molecular formula is C14H18N4O4S. The molecule has 2 aromatic rings. The van der Waals surface area contributed by atoms with Gasteiger partial charge in [-0.3, -0.25) is 4.98 Å². The molecule has 3 heterocycles. The summed E-state index contributed by atoms with van der Waals surface area (Å²) in [5.74, 6) is 0.947. The average Bonchev–Trinajstić information content (AvgIpc) is 2.99. The molecule has 0 amide bonds. The van der Waals surface area contributed by atoms with Crippen LogP contribution in [0.15, 0.2) is 33.9 Å². The van der Waals surface area contributed by atoms with Gasteiger partial charge in [-0.15, -0.1) is 0 Å². The van der Waals surface area contributed by atoms with Crippen LogP contribution in [0.25, 0.3) is 0 Å². The Morgan fingerprint density at radius 2 is 2.35 bits per heavy atom. The van der Waals surface area contributed by atoms with Crippen molar-refractivity contribution in [2.75, 3.05) is 13.1 Å². The maximum absolute atomic E-state index is 12.6. The molecule has 0 radical (unpaired) electrons. The van der Waals surface area contributed by atoms with E-state index in [1.165, 1.54) is 10.5 Å². The highest BCUT2D eigenvalue weighted by Crippen LogP contribution is 2.22. The van der Waals surface area contributed by atoms with Crippen molar-refractivity contribution >= 4 is 10.0 Å². The summed E-state index contributed by atoms with van der Waals surface area (Å²) in [6.45, 7) is 2.71. The Hall–Kier alpha value is -1.84. The second-order valence-electron chi connectivity index (χ2n) is 5.36. The Morgan fingerprint density at radius 1 is 1.48 bits per heavy atom. The molecule has 1 atom stereocenters. The standard InChI is InChI=1S/C14H18N4O4S/c1-11-16-14(22-17-11)10-21-12-4-3-7-18(9-12)23(19,20)13-5-2-6-15-8-13/h2,5-6,8,12H,3-4,7,9-10H2,1H3. The molecule has 1 aliphatic rings. The van der Waals surface area contributed by atoms with Crippen LogP contribution in [0.5, 0.6) is 0 Å². The molecule has 9 heteroatoms. The minimum absolute atomic E-state index is 0.187. The lowest BCUT2D eigenvalue weighted by Gasteiger charge is -2.31. The van der Waals surface area contributed by atoms with Gasteiger partial charge in [-0.1, -0.05) is 5.16 Å². The monoisotopic (exact) mass is 338 g/mol. The normalized spacial score (nSPS) is 19.8. The van der Waals surface area contributed by atoms with Crippen LogP contribution in [0.2, 0.25) is 0 Å². The van der Waals surface area contributed by atoms with Crippen molar-refractivity contribution in [3.05, 3.63) is 36.2 Å². The summed E-state index contributed by atoms with van der Waals surface area (Å²) in [6, 6.07) is 3.16.